The molecule has 82 valence electrons. The van der Waals surface area contributed by atoms with Gasteiger partial charge in [-0.15, -0.1) is 0 Å². The van der Waals surface area contributed by atoms with Gasteiger partial charge in [0.15, 0.2) is 11.5 Å². The first-order valence-electron chi connectivity index (χ1n) is 5.05. The minimum absolute atomic E-state index is 0.149. The van der Waals surface area contributed by atoms with Gasteiger partial charge >= 0.3 is 0 Å². The smallest absolute Gasteiger partial charge is 0.231 e. The van der Waals surface area contributed by atoms with Crippen LogP contribution in [-0.4, -0.2) is 25.1 Å². The molecule has 0 saturated carbocycles. The standard InChI is InChI=1S/C11H15NO3/c12-6-9(3-4-13)8-1-2-10-11(5-8)15-7-14-10/h1-2,5,9,13H,3-4,6-7,12H2. The second-order valence-electron chi connectivity index (χ2n) is 3.56. The molecule has 1 heterocycles. The van der Waals surface area contributed by atoms with Crippen LogP contribution in [0, 0.1) is 0 Å². The number of hydrogen-bond acceptors (Lipinski definition) is 4. The maximum atomic E-state index is 8.91. The van der Waals surface area contributed by atoms with Gasteiger partial charge in [0.1, 0.15) is 0 Å². The Balaban J connectivity index is 2.20. The fraction of sp³-hybridized carbons (Fsp3) is 0.455. The Hall–Kier alpha value is -1.26. The summed E-state index contributed by atoms with van der Waals surface area (Å²) in [7, 11) is 0. The van der Waals surface area contributed by atoms with E-state index in [-0.39, 0.29) is 19.3 Å². The second-order valence-corrected chi connectivity index (χ2v) is 3.56. The summed E-state index contributed by atoms with van der Waals surface area (Å²) in [4.78, 5) is 0. The van der Waals surface area contributed by atoms with Crippen molar-refractivity contribution in [2.75, 3.05) is 19.9 Å². The van der Waals surface area contributed by atoms with Crippen molar-refractivity contribution in [3.05, 3.63) is 23.8 Å². The number of benzene rings is 1. The largest absolute Gasteiger partial charge is 0.454 e. The molecule has 0 spiro atoms. The summed E-state index contributed by atoms with van der Waals surface area (Å²) < 4.78 is 10.5. The zero-order valence-electron chi connectivity index (χ0n) is 8.48. The summed E-state index contributed by atoms with van der Waals surface area (Å²) in [6.45, 7) is 0.961. The number of rotatable bonds is 4. The minimum Gasteiger partial charge on any atom is -0.454 e. The number of ether oxygens (including phenoxy) is 2. The van der Waals surface area contributed by atoms with Crippen LogP contribution in [0.25, 0.3) is 0 Å². The van der Waals surface area contributed by atoms with Crippen LogP contribution in [-0.2, 0) is 0 Å². The highest BCUT2D eigenvalue weighted by Gasteiger charge is 2.16. The molecule has 1 atom stereocenters. The molecule has 4 heteroatoms. The second kappa shape index (κ2) is 4.51. The summed E-state index contributed by atoms with van der Waals surface area (Å²) >= 11 is 0. The van der Waals surface area contributed by atoms with E-state index in [0.717, 1.165) is 17.1 Å². The maximum Gasteiger partial charge on any atom is 0.231 e. The first kappa shape index (κ1) is 10.3. The van der Waals surface area contributed by atoms with E-state index in [4.69, 9.17) is 20.3 Å². The Labute approximate surface area is 88.6 Å². The van der Waals surface area contributed by atoms with Crippen molar-refractivity contribution in [3.8, 4) is 11.5 Å². The van der Waals surface area contributed by atoms with Crippen molar-refractivity contribution >= 4 is 0 Å². The van der Waals surface area contributed by atoms with Gasteiger partial charge in [0.25, 0.3) is 0 Å². The molecule has 0 saturated heterocycles. The SMILES string of the molecule is NCC(CCO)c1ccc2c(c1)OCO2. The van der Waals surface area contributed by atoms with Crippen LogP contribution in [0.5, 0.6) is 11.5 Å². The third-order valence-electron chi connectivity index (χ3n) is 2.63. The van der Waals surface area contributed by atoms with Crippen LogP contribution in [0.4, 0.5) is 0 Å². The summed E-state index contributed by atoms with van der Waals surface area (Å²) in [5, 5.41) is 8.91. The van der Waals surface area contributed by atoms with E-state index in [9.17, 15) is 0 Å². The van der Waals surface area contributed by atoms with Gasteiger partial charge in [-0.05, 0) is 36.6 Å². The summed E-state index contributed by atoms with van der Waals surface area (Å²) in [5.74, 6) is 1.73. The van der Waals surface area contributed by atoms with E-state index >= 15 is 0 Å². The molecule has 1 aliphatic rings. The van der Waals surface area contributed by atoms with Crippen LogP contribution in [0.15, 0.2) is 18.2 Å². The van der Waals surface area contributed by atoms with Gasteiger partial charge in [-0.3, -0.25) is 0 Å². The highest BCUT2D eigenvalue weighted by molar-refractivity contribution is 5.45. The lowest BCUT2D eigenvalue weighted by Crippen LogP contribution is -2.13. The van der Waals surface area contributed by atoms with Crippen molar-refractivity contribution < 1.29 is 14.6 Å². The first-order chi connectivity index (χ1) is 7.35. The molecule has 0 bridgehead atoms. The van der Waals surface area contributed by atoms with Crippen LogP contribution >= 0.6 is 0 Å². The first-order valence-corrected chi connectivity index (χ1v) is 5.05. The zero-order valence-corrected chi connectivity index (χ0v) is 8.48. The lowest BCUT2D eigenvalue weighted by Gasteiger charge is -2.13. The van der Waals surface area contributed by atoms with Crippen molar-refractivity contribution in [2.45, 2.75) is 12.3 Å². The molecule has 0 aliphatic carbocycles. The molecule has 3 N–H and O–H groups in total. The van der Waals surface area contributed by atoms with Crippen LogP contribution in [0.3, 0.4) is 0 Å². The summed E-state index contributed by atoms with van der Waals surface area (Å²) in [5.41, 5.74) is 6.75. The molecule has 1 aromatic carbocycles. The van der Waals surface area contributed by atoms with Gasteiger partial charge in [-0.25, -0.2) is 0 Å². The van der Waals surface area contributed by atoms with Crippen LogP contribution in [0.2, 0.25) is 0 Å². The molecule has 4 nitrogen and oxygen atoms in total. The lowest BCUT2D eigenvalue weighted by molar-refractivity contribution is 0.174. The normalized spacial score (nSPS) is 15.3. The molecule has 15 heavy (non-hydrogen) atoms. The quantitative estimate of drug-likeness (QED) is 0.771. The van der Waals surface area contributed by atoms with Gasteiger partial charge in [0, 0.05) is 6.61 Å². The summed E-state index contributed by atoms with van der Waals surface area (Å²) in [6.07, 6.45) is 0.677. The van der Waals surface area contributed by atoms with E-state index in [1.165, 1.54) is 0 Å². The highest BCUT2D eigenvalue weighted by atomic mass is 16.7. The van der Waals surface area contributed by atoms with Crippen molar-refractivity contribution in [3.63, 3.8) is 0 Å². The highest BCUT2D eigenvalue weighted by Crippen LogP contribution is 2.34. The zero-order chi connectivity index (χ0) is 10.7. The fourth-order valence-electron chi connectivity index (χ4n) is 1.74. The monoisotopic (exact) mass is 209 g/mol. The Kier molecular flexibility index (Phi) is 3.08. The number of aliphatic hydroxyl groups is 1. The molecule has 0 fully saturated rings. The average Bonchev–Trinajstić information content (AvgIpc) is 2.72. The number of nitrogens with two attached hydrogens (primary N) is 1. The Morgan fingerprint density at radius 3 is 2.87 bits per heavy atom. The fourth-order valence-corrected chi connectivity index (χ4v) is 1.74. The molecule has 1 aliphatic heterocycles. The molecule has 0 amide bonds. The van der Waals surface area contributed by atoms with E-state index in [0.29, 0.717) is 13.0 Å². The van der Waals surface area contributed by atoms with E-state index in [1.807, 2.05) is 18.2 Å². The maximum absolute atomic E-state index is 8.91. The molecule has 2 rings (SSSR count). The number of aliphatic hydroxyl groups excluding tert-OH is 1. The average molecular weight is 209 g/mol. The predicted octanol–water partition coefficient (Wildman–Crippen LogP) is 0.840. The molecular weight excluding hydrogens is 194 g/mol. The van der Waals surface area contributed by atoms with Gasteiger partial charge < -0.3 is 20.3 Å². The Morgan fingerprint density at radius 2 is 2.13 bits per heavy atom. The number of fused-ring (bicyclic) bond motifs is 1. The van der Waals surface area contributed by atoms with E-state index < -0.39 is 0 Å². The lowest BCUT2D eigenvalue weighted by atomic mass is 9.96. The van der Waals surface area contributed by atoms with E-state index in [1.54, 1.807) is 0 Å². The number of hydrogen-bond donors (Lipinski definition) is 2. The van der Waals surface area contributed by atoms with Gasteiger partial charge in [0.05, 0.1) is 0 Å². The van der Waals surface area contributed by atoms with Crippen molar-refractivity contribution in [1.29, 1.82) is 0 Å². The molecule has 1 unspecified atom stereocenters. The minimum atomic E-state index is 0.149. The third kappa shape index (κ3) is 2.06. The molecular formula is C11H15NO3. The van der Waals surface area contributed by atoms with Crippen molar-refractivity contribution in [1.82, 2.24) is 0 Å². The third-order valence-corrected chi connectivity index (χ3v) is 2.63. The van der Waals surface area contributed by atoms with Gasteiger partial charge in [-0.2, -0.15) is 0 Å². The van der Waals surface area contributed by atoms with Crippen molar-refractivity contribution in [2.24, 2.45) is 5.73 Å². The van der Waals surface area contributed by atoms with Crippen LogP contribution < -0.4 is 15.2 Å². The topological polar surface area (TPSA) is 64.7 Å². The predicted molar refractivity (Wildman–Crippen MR) is 56.1 cm³/mol. The molecule has 1 aromatic rings. The van der Waals surface area contributed by atoms with Gasteiger partial charge in [-0.1, -0.05) is 6.07 Å². The Bertz CT molecular complexity index is 341. The summed E-state index contributed by atoms with van der Waals surface area (Å²) in [6, 6.07) is 5.80. The molecule has 0 radical (unpaired) electrons. The van der Waals surface area contributed by atoms with E-state index in [2.05, 4.69) is 0 Å². The molecule has 0 aromatic heterocycles. The van der Waals surface area contributed by atoms with Gasteiger partial charge in [0.2, 0.25) is 6.79 Å². The van der Waals surface area contributed by atoms with Crippen LogP contribution in [0.1, 0.15) is 17.9 Å². The Morgan fingerprint density at radius 1 is 1.33 bits per heavy atom.